The lowest BCUT2D eigenvalue weighted by molar-refractivity contribution is -0.186. The van der Waals surface area contributed by atoms with Crippen LogP contribution in [0.5, 0.6) is 0 Å². The Labute approximate surface area is 111 Å². The second-order valence-electron chi connectivity index (χ2n) is 4.32. The van der Waals surface area contributed by atoms with Gasteiger partial charge in [-0.25, -0.2) is 0 Å². The van der Waals surface area contributed by atoms with Crippen LogP contribution in [0.15, 0.2) is 17.3 Å². The van der Waals surface area contributed by atoms with E-state index >= 15 is 0 Å². The van der Waals surface area contributed by atoms with Crippen molar-refractivity contribution in [3.8, 4) is 6.07 Å². The van der Waals surface area contributed by atoms with Gasteiger partial charge in [0.2, 0.25) is 0 Å². The van der Waals surface area contributed by atoms with E-state index < -0.39 is 12.1 Å². The lowest BCUT2D eigenvalue weighted by atomic mass is 9.96. The van der Waals surface area contributed by atoms with Crippen LogP contribution in [0.25, 0.3) is 0 Å². The maximum Gasteiger partial charge on any atom is 0.471 e. The van der Waals surface area contributed by atoms with Gasteiger partial charge >= 0.3 is 12.1 Å². The number of nitriles is 1. The van der Waals surface area contributed by atoms with Crippen LogP contribution in [0.3, 0.4) is 0 Å². The van der Waals surface area contributed by atoms with Gasteiger partial charge in [0.25, 0.3) is 0 Å². The van der Waals surface area contributed by atoms with E-state index in [2.05, 4.69) is 5.18 Å². The third-order valence-corrected chi connectivity index (χ3v) is 3.08. The Kier molecular flexibility index (Phi) is 3.44. The quantitative estimate of drug-likeness (QED) is 0.743. The van der Waals surface area contributed by atoms with Crippen LogP contribution in [0.1, 0.15) is 16.7 Å². The number of benzene rings is 1. The number of alkyl halides is 3. The van der Waals surface area contributed by atoms with Crippen LogP contribution in [0, 0.1) is 16.2 Å². The van der Waals surface area contributed by atoms with Gasteiger partial charge in [-0.05, 0) is 34.9 Å². The Hall–Kier alpha value is -2.43. The maximum absolute atomic E-state index is 12.4. The van der Waals surface area contributed by atoms with Crippen molar-refractivity contribution in [2.24, 2.45) is 5.18 Å². The fraction of sp³-hybridized carbons (Fsp3) is 0.333. The first kappa shape index (κ1) is 14.0. The minimum Gasteiger partial charge on any atom is -0.330 e. The molecule has 0 bridgehead atoms. The number of nitroso groups, excluding NO2 is 1. The molecule has 1 aliphatic heterocycles. The molecule has 5 nitrogen and oxygen atoms in total. The van der Waals surface area contributed by atoms with Gasteiger partial charge in [-0.15, -0.1) is 4.91 Å². The monoisotopic (exact) mass is 283 g/mol. The smallest absolute Gasteiger partial charge is 0.330 e. The minimum absolute atomic E-state index is 0.0781. The van der Waals surface area contributed by atoms with Crippen molar-refractivity contribution < 1.29 is 18.0 Å². The highest BCUT2D eigenvalue weighted by Crippen LogP contribution is 2.29. The molecular weight excluding hydrogens is 275 g/mol. The molecule has 0 saturated carbocycles. The predicted molar refractivity (Wildman–Crippen MR) is 61.8 cm³/mol. The molecule has 0 spiro atoms. The van der Waals surface area contributed by atoms with Crippen molar-refractivity contribution in [2.75, 3.05) is 6.54 Å². The molecule has 20 heavy (non-hydrogen) atoms. The normalized spacial score (nSPS) is 14.4. The topological polar surface area (TPSA) is 73.5 Å². The standard InChI is InChI=1S/C12H8F3N3O2/c13-12(14,15)11(19)18-2-1-7-3-8(5-16)10(17-20)4-9(7)6-18/h3-4H,1-2,6H2. The van der Waals surface area contributed by atoms with Crippen molar-refractivity contribution in [1.29, 1.82) is 5.26 Å². The lowest BCUT2D eigenvalue weighted by Gasteiger charge is -2.29. The highest BCUT2D eigenvalue weighted by Gasteiger charge is 2.43. The highest BCUT2D eigenvalue weighted by atomic mass is 19.4. The average Bonchev–Trinajstić information content (AvgIpc) is 2.43. The summed E-state index contributed by atoms with van der Waals surface area (Å²) in [6.45, 7) is -0.327. The zero-order valence-corrected chi connectivity index (χ0v) is 10.1. The van der Waals surface area contributed by atoms with Crippen LogP contribution in [0.4, 0.5) is 18.9 Å². The summed E-state index contributed by atoms with van der Waals surface area (Å²) in [4.78, 5) is 22.4. The molecule has 1 aliphatic rings. The van der Waals surface area contributed by atoms with E-state index in [0.717, 1.165) is 0 Å². The largest absolute Gasteiger partial charge is 0.471 e. The van der Waals surface area contributed by atoms with Crippen LogP contribution in [-0.2, 0) is 17.8 Å². The third-order valence-electron chi connectivity index (χ3n) is 3.08. The van der Waals surface area contributed by atoms with Gasteiger partial charge in [-0.3, -0.25) is 4.79 Å². The first-order chi connectivity index (χ1) is 9.36. The number of carbonyl (C=O) groups is 1. The average molecular weight is 283 g/mol. The van der Waals surface area contributed by atoms with Crippen molar-refractivity contribution in [3.05, 3.63) is 33.7 Å². The van der Waals surface area contributed by atoms with Crippen LogP contribution < -0.4 is 0 Å². The molecule has 1 amide bonds. The molecule has 0 saturated heterocycles. The fourth-order valence-corrected chi connectivity index (χ4v) is 2.11. The second-order valence-corrected chi connectivity index (χ2v) is 4.32. The van der Waals surface area contributed by atoms with Crippen molar-refractivity contribution in [2.45, 2.75) is 19.1 Å². The molecule has 1 heterocycles. The summed E-state index contributed by atoms with van der Waals surface area (Å²) in [5.74, 6) is -1.91. The first-order valence-corrected chi connectivity index (χ1v) is 5.62. The highest BCUT2D eigenvalue weighted by molar-refractivity contribution is 5.82. The van der Waals surface area contributed by atoms with Crippen molar-refractivity contribution >= 4 is 11.6 Å². The molecule has 0 aromatic heterocycles. The Bertz CT molecular complexity index is 620. The van der Waals surface area contributed by atoms with Gasteiger partial charge in [0.1, 0.15) is 11.8 Å². The van der Waals surface area contributed by atoms with Crippen molar-refractivity contribution in [3.63, 3.8) is 0 Å². The number of amides is 1. The molecule has 0 fully saturated rings. The molecule has 8 heteroatoms. The van der Waals surface area contributed by atoms with Crippen LogP contribution >= 0.6 is 0 Å². The van der Waals surface area contributed by atoms with Crippen molar-refractivity contribution in [1.82, 2.24) is 4.90 Å². The molecule has 104 valence electrons. The minimum atomic E-state index is -4.92. The van der Waals surface area contributed by atoms with Crippen LogP contribution in [0.2, 0.25) is 0 Å². The third kappa shape index (κ3) is 2.47. The van der Waals surface area contributed by atoms with E-state index in [4.69, 9.17) is 5.26 Å². The van der Waals surface area contributed by atoms with Gasteiger partial charge < -0.3 is 4.90 Å². The summed E-state index contributed by atoms with van der Waals surface area (Å²) in [6, 6.07) is 4.49. The van der Waals surface area contributed by atoms with E-state index in [1.165, 1.54) is 12.1 Å². The van der Waals surface area contributed by atoms with E-state index in [-0.39, 0.29) is 30.8 Å². The summed E-state index contributed by atoms with van der Waals surface area (Å²) in [7, 11) is 0. The van der Waals surface area contributed by atoms with E-state index in [1.807, 2.05) is 0 Å². The van der Waals surface area contributed by atoms with Gasteiger partial charge in [0.15, 0.2) is 0 Å². The second kappa shape index (κ2) is 4.92. The van der Waals surface area contributed by atoms with Gasteiger partial charge in [0.05, 0.1) is 5.56 Å². The predicted octanol–water partition coefficient (Wildman–Crippen LogP) is 2.40. The molecule has 0 aliphatic carbocycles. The SMILES string of the molecule is N#Cc1cc2c(cc1N=O)CN(C(=O)C(F)(F)F)CC2. The number of fused-ring (bicyclic) bond motifs is 1. The molecular formula is C12H8F3N3O2. The first-order valence-electron chi connectivity index (χ1n) is 5.62. The van der Waals surface area contributed by atoms with Gasteiger partial charge in [-0.1, -0.05) is 0 Å². The maximum atomic E-state index is 12.4. The molecule has 0 radical (unpaired) electrons. The number of hydrogen-bond donors (Lipinski definition) is 0. The summed E-state index contributed by atoms with van der Waals surface area (Å²) in [6.07, 6.45) is -4.72. The number of halogens is 3. The Morgan fingerprint density at radius 1 is 1.35 bits per heavy atom. The van der Waals surface area contributed by atoms with Gasteiger partial charge in [0, 0.05) is 13.1 Å². The van der Waals surface area contributed by atoms with E-state index in [1.54, 1.807) is 6.07 Å². The van der Waals surface area contributed by atoms with Gasteiger partial charge in [-0.2, -0.15) is 18.4 Å². The number of carbonyl (C=O) groups excluding carboxylic acids is 1. The zero-order valence-electron chi connectivity index (χ0n) is 10.1. The van der Waals surface area contributed by atoms with E-state index in [9.17, 15) is 22.9 Å². The summed E-state index contributed by atoms with van der Waals surface area (Å²) >= 11 is 0. The molecule has 0 unspecified atom stereocenters. The Morgan fingerprint density at radius 2 is 2.05 bits per heavy atom. The molecule has 1 aromatic rings. The lowest BCUT2D eigenvalue weighted by Crippen LogP contribution is -2.43. The fourth-order valence-electron chi connectivity index (χ4n) is 2.11. The molecule has 0 N–H and O–H groups in total. The molecule has 0 atom stereocenters. The molecule has 2 rings (SSSR count). The Morgan fingerprint density at radius 3 is 2.60 bits per heavy atom. The van der Waals surface area contributed by atoms with E-state index in [0.29, 0.717) is 16.0 Å². The zero-order chi connectivity index (χ0) is 14.9. The number of nitrogens with zero attached hydrogens (tertiary/aromatic N) is 3. The summed E-state index contributed by atoms with van der Waals surface area (Å²) in [5.41, 5.74) is 1.00. The Balaban J connectivity index is 2.33. The number of hydrogen-bond acceptors (Lipinski definition) is 4. The summed E-state index contributed by atoms with van der Waals surface area (Å²) < 4.78 is 37.1. The van der Waals surface area contributed by atoms with Crippen LogP contribution in [-0.4, -0.2) is 23.5 Å². The number of rotatable bonds is 1. The molecule has 1 aromatic carbocycles. The summed E-state index contributed by atoms with van der Waals surface area (Å²) in [5, 5.41) is 11.5.